The summed E-state index contributed by atoms with van der Waals surface area (Å²) in [7, 11) is 0. The fourth-order valence-electron chi connectivity index (χ4n) is 2.62. The number of aromatic nitrogens is 3. The van der Waals surface area contributed by atoms with Crippen molar-refractivity contribution in [2.75, 3.05) is 6.61 Å². The maximum Gasteiger partial charge on any atom is 0.191 e. The Morgan fingerprint density at radius 2 is 1.73 bits per heavy atom. The van der Waals surface area contributed by atoms with Crippen molar-refractivity contribution < 1.29 is 4.74 Å². The average molecular weight is 408 g/mol. The van der Waals surface area contributed by atoms with E-state index in [-0.39, 0.29) is 0 Å². The van der Waals surface area contributed by atoms with Gasteiger partial charge in [-0.1, -0.05) is 53.2 Å². The number of ether oxygens (including phenoxy) is 1. The molecule has 0 radical (unpaired) electrons. The minimum atomic E-state index is 0.601. The predicted molar refractivity (Wildman–Crippen MR) is 108 cm³/mol. The lowest BCUT2D eigenvalue weighted by Gasteiger charge is -2.12. The lowest BCUT2D eigenvalue weighted by Crippen LogP contribution is -2.02. The van der Waals surface area contributed by atoms with Crippen LogP contribution in [-0.2, 0) is 12.3 Å². The van der Waals surface area contributed by atoms with E-state index in [2.05, 4.69) is 21.7 Å². The SMILES string of the molecule is CCOc1ccccc1-c1nnc(SCc2c(Cl)cccc2Cl)n1CC. The fraction of sp³-hybridized carbons (Fsp3) is 0.263. The van der Waals surface area contributed by atoms with E-state index in [0.29, 0.717) is 22.4 Å². The van der Waals surface area contributed by atoms with Gasteiger partial charge in [0.25, 0.3) is 0 Å². The zero-order valence-electron chi connectivity index (χ0n) is 14.6. The Morgan fingerprint density at radius 3 is 2.42 bits per heavy atom. The highest BCUT2D eigenvalue weighted by Gasteiger charge is 2.17. The molecule has 1 aromatic heterocycles. The van der Waals surface area contributed by atoms with E-state index in [1.807, 2.05) is 49.4 Å². The molecular weight excluding hydrogens is 389 g/mol. The Kier molecular flexibility index (Phi) is 6.46. The van der Waals surface area contributed by atoms with Crippen molar-refractivity contribution in [3.8, 4) is 17.1 Å². The first-order valence-corrected chi connectivity index (χ1v) is 10.1. The molecule has 0 fully saturated rings. The summed E-state index contributed by atoms with van der Waals surface area (Å²) >= 11 is 14.1. The Labute approximate surface area is 167 Å². The number of thioether (sulfide) groups is 1. The van der Waals surface area contributed by atoms with E-state index in [1.165, 1.54) is 0 Å². The summed E-state index contributed by atoms with van der Waals surface area (Å²) in [6.07, 6.45) is 0. The zero-order valence-corrected chi connectivity index (χ0v) is 16.9. The van der Waals surface area contributed by atoms with Crippen LogP contribution in [0.5, 0.6) is 5.75 Å². The van der Waals surface area contributed by atoms with Gasteiger partial charge in [0.15, 0.2) is 11.0 Å². The zero-order chi connectivity index (χ0) is 18.5. The van der Waals surface area contributed by atoms with E-state index < -0.39 is 0 Å². The molecule has 7 heteroatoms. The van der Waals surface area contributed by atoms with Crippen molar-refractivity contribution in [3.63, 3.8) is 0 Å². The molecule has 0 unspecified atom stereocenters. The van der Waals surface area contributed by atoms with Crippen LogP contribution in [0.1, 0.15) is 19.4 Å². The topological polar surface area (TPSA) is 39.9 Å². The van der Waals surface area contributed by atoms with Crippen molar-refractivity contribution in [1.29, 1.82) is 0 Å². The molecule has 0 aliphatic rings. The molecule has 2 aromatic carbocycles. The predicted octanol–water partition coefficient (Wildman–Crippen LogP) is 5.96. The third-order valence-corrected chi connectivity index (χ3v) is 5.57. The largest absolute Gasteiger partial charge is 0.493 e. The highest BCUT2D eigenvalue weighted by atomic mass is 35.5. The third kappa shape index (κ3) is 4.00. The van der Waals surface area contributed by atoms with Crippen LogP contribution in [0.15, 0.2) is 47.6 Å². The molecule has 26 heavy (non-hydrogen) atoms. The molecule has 0 amide bonds. The normalized spacial score (nSPS) is 10.9. The number of nitrogens with zero attached hydrogens (tertiary/aromatic N) is 3. The molecule has 136 valence electrons. The monoisotopic (exact) mass is 407 g/mol. The molecule has 0 bridgehead atoms. The Hall–Kier alpha value is -1.69. The smallest absolute Gasteiger partial charge is 0.191 e. The van der Waals surface area contributed by atoms with Crippen molar-refractivity contribution in [2.45, 2.75) is 31.3 Å². The highest BCUT2D eigenvalue weighted by Crippen LogP contribution is 2.34. The summed E-state index contributed by atoms with van der Waals surface area (Å²) in [5.74, 6) is 2.23. The molecule has 0 aliphatic carbocycles. The van der Waals surface area contributed by atoms with Gasteiger partial charge in [-0.05, 0) is 43.7 Å². The van der Waals surface area contributed by atoms with Crippen LogP contribution < -0.4 is 4.74 Å². The second-order valence-corrected chi connectivity index (χ2v) is 7.23. The van der Waals surface area contributed by atoms with Crippen LogP contribution in [0, 0.1) is 0 Å². The van der Waals surface area contributed by atoms with Crippen LogP contribution >= 0.6 is 35.0 Å². The number of hydrogen-bond donors (Lipinski definition) is 0. The van der Waals surface area contributed by atoms with Crippen LogP contribution in [0.3, 0.4) is 0 Å². The van der Waals surface area contributed by atoms with E-state index in [1.54, 1.807) is 11.8 Å². The number of halogens is 2. The lowest BCUT2D eigenvalue weighted by atomic mass is 10.2. The van der Waals surface area contributed by atoms with Crippen LogP contribution in [-0.4, -0.2) is 21.4 Å². The molecule has 0 spiro atoms. The van der Waals surface area contributed by atoms with Crippen molar-refractivity contribution in [1.82, 2.24) is 14.8 Å². The number of benzene rings is 2. The van der Waals surface area contributed by atoms with Gasteiger partial charge in [-0.2, -0.15) is 0 Å². The van der Waals surface area contributed by atoms with Gasteiger partial charge in [-0.3, -0.25) is 0 Å². The minimum Gasteiger partial charge on any atom is -0.493 e. The van der Waals surface area contributed by atoms with E-state index in [0.717, 1.165) is 34.4 Å². The van der Waals surface area contributed by atoms with E-state index in [4.69, 9.17) is 27.9 Å². The molecule has 0 N–H and O–H groups in total. The highest BCUT2D eigenvalue weighted by molar-refractivity contribution is 7.98. The van der Waals surface area contributed by atoms with Gasteiger partial charge in [0.1, 0.15) is 5.75 Å². The summed E-state index contributed by atoms with van der Waals surface area (Å²) in [5.41, 5.74) is 1.84. The molecular formula is C19H19Cl2N3OS. The maximum absolute atomic E-state index is 6.27. The minimum absolute atomic E-state index is 0.601. The summed E-state index contributed by atoms with van der Waals surface area (Å²) < 4.78 is 7.81. The van der Waals surface area contributed by atoms with Crippen molar-refractivity contribution >= 4 is 35.0 Å². The average Bonchev–Trinajstić information content (AvgIpc) is 3.05. The molecule has 0 saturated carbocycles. The van der Waals surface area contributed by atoms with Gasteiger partial charge in [-0.15, -0.1) is 10.2 Å². The first-order valence-electron chi connectivity index (χ1n) is 8.36. The molecule has 0 saturated heterocycles. The number of hydrogen-bond acceptors (Lipinski definition) is 4. The van der Waals surface area contributed by atoms with Gasteiger partial charge in [-0.25, -0.2) is 0 Å². The van der Waals surface area contributed by atoms with Crippen LogP contribution in [0.25, 0.3) is 11.4 Å². The van der Waals surface area contributed by atoms with Crippen LogP contribution in [0.4, 0.5) is 0 Å². The van der Waals surface area contributed by atoms with Gasteiger partial charge < -0.3 is 9.30 Å². The Balaban J connectivity index is 1.90. The first-order chi connectivity index (χ1) is 12.7. The van der Waals surface area contributed by atoms with Gasteiger partial charge >= 0.3 is 0 Å². The van der Waals surface area contributed by atoms with Gasteiger partial charge in [0.05, 0.1) is 12.2 Å². The first kappa shape index (κ1) is 19.1. The third-order valence-electron chi connectivity index (χ3n) is 3.87. The summed E-state index contributed by atoms with van der Waals surface area (Å²) in [4.78, 5) is 0. The molecule has 4 nitrogen and oxygen atoms in total. The molecule has 1 heterocycles. The molecule has 3 aromatic rings. The van der Waals surface area contributed by atoms with Crippen LogP contribution in [0.2, 0.25) is 10.0 Å². The van der Waals surface area contributed by atoms with E-state index >= 15 is 0 Å². The number of para-hydroxylation sites is 1. The fourth-order valence-corrected chi connectivity index (χ4v) is 4.36. The standard InChI is InChI=1S/C19H19Cl2N3OS/c1-3-24-18(13-8-5-6-11-17(13)25-4-2)22-23-19(24)26-12-14-15(20)9-7-10-16(14)21/h5-11H,3-4,12H2,1-2H3. The quantitative estimate of drug-likeness (QED) is 0.452. The Morgan fingerprint density at radius 1 is 1.00 bits per heavy atom. The summed E-state index contributed by atoms with van der Waals surface area (Å²) in [5, 5.41) is 10.9. The van der Waals surface area contributed by atoms with E-state index in [9.17, 15) is 0 Å². The maximum atomic E-state index is 6.27. The van der Waals surface area contributed by atoms with Crippen molar-refractivity contribution in [3.05, 3.63) is 58.1 Å². The molecule has 0 aliphatic heterocycles. The lowest BCUT2D eigenvalue weighted by molar-refractivity contribution is 0.341. The van der Waals surface area contributed by atoms with Gasteiger partial charge in [0, 0.05) is 22.3 Å². The summed E-state index contributed by atoms with van der Waals surface area (Å²) in [6.45, 7) is 5.39. The second kappa shape index (κ2) is 8.80. The summed E-state index contributed by atoms with van der Waals surface area (Å²) in [6, 6.07) is 13.4. The molecule has 3 rings (SSSR count). The molecule has 0 atom stereocenters. The number of rotatable bonds is 7. The van der Waals surface area contributed by atoms with Crippen molar-refractivity contribution in [2.24, 2.45) is 0 Å². The second-order valence-electron chi connectivity index (χ2n) is 5.47. The van der Waals surface area contributed by atoms with Gasteiger partial charge in [0.2, 0.25) is 0 Å². The Bertz CT molecular complexity index is 878.